The van der Waals surface area contributed by atoms with Crippen LogP contribution >= 0.6 is 23.4 Å². The summed E-state index contributed by atoms with van der Waals surface area (Å²) >= 11 is 8.00. The first-order chi connectivity index (χ1) is 18.5. The zero-order valence-corrected chi connectivity index (χ0v) is 23.3. The largest absolute Gasteiger partial charge is 0.338 e. The van der Waals surface area contributed by atoms with Crippen LogP contribution in [0.3, 0.4) is 0 Å². The number of fused-ring (bicyclic) bond motifs is 3. The molecule has 3 heterocycles. The number of nitrogens with zero attached hydrogens (tertiary/aromatic N) is 5. The lowest BCUT2D eigenvalue weighted by Gasteiger charge is -2.37. The molecule has 1 fully saturated rings. The Labute approximate surface area is 233 Å². The van der Waals surface area contributed by atoms with Crippen molar-refractivity contribution in [1.29, 1.82) is 0 Å². The second kappa shape index (κ2) is 10.9. The fraction of sp³-hybridized carbons (Fsp3) is 0.267. The number of anilines is 3. The van der Waals surface area contributed by atoms with Gasteiger partial charge in [-0.25, -0.2) is 0 Å². The Balaban J connectivity index is 1.27. The summed E-state index contributed by atoms with van der Waals surface area (Å²) in [5.74, 6) is 0. The maximum atomic E-state index is 6.15. The SMILES string of the molecule is C/C(=N\Nc1ccnc2cc(Cl)ccc12)c1ccc2c(c1)N(CCN1CCN(C)CC1)c1ccccc1S2. The molecule has 2 aliphatic heterocycles. The van der Waals surface area contributed by atoms with E-state index in [1.54, 1.807) is 6.20 Å². The number of nitrogens with one attached hydrogen (secondary N) is 1. The molecule has 1 saturated heterocycles. The number of rotatable bonds is 6. The van der Waals surface area contributed by atoms with Gasteiger partial charge in [-0.3, -0.25) is 15.3 Å². The zero-order chi connectivity index (χ0) is 26.1. The van der Waals surface area contributed by atoms with Crippen molar-refractivity contribution in [3.05, 3.63) is 83.5 Å². The van der Waals surface area contributed by atoms with Gasteiger partial charge in [0.1, 0.15) is 0 Å². The van der Waals surface area contributed by atoms with Gasteiger partial charge in [-0.1, -0.05) is 41.6 Å². The van der Waals surface area contributed by atoms with E-state index in [-0.39, 0.29) is 0 Å². The normalized spacial score (nSPS) is 16.4. The summed E-state index contributed by atoms with van der Waals surface area (Å²) in [7, 11) is 2.21. The molecule has 0 radical (unpaired) electrons. The third kappa shape index (κ3) is 5.24. The number of piperazine rings is 1. The molecule has 0 atom stereocenters. The summed E-state index contributed by atoms with van der Waals surface area (Å²) in [4.78, 5) is 14.5. The van der Waals surface area contributed by atoms with E-state index in [0.717, 1.165) is 67.1 Å². The van der Waals surface area contributed by atoms with Crippen molar-refractivity contribution in [2.45, 2.75) is 16.7 Å². The van der Waals surface area contributed by atoms with Crippen molar-refractivity contribution >= 4 is 57.0 Å². The van der Waals surface area contributed by atoms with Crippen molar-refractivity contribution in [3.63, 3.8) is 0 Å². The molecule has 0 spiro atoms. The van der Waals surface area contributed by atoms with Gasteiger partial charge >= 0.3 is 0 Å². The molecule has 0 amide bonds. The Bertz CT molecular complexity index is 1500. The average Bonchev–Trinajstić information content (AvgIpc) is 2.94. The van der Waals surface area contributed by atoms with Gasteiger partial charge in [0.05, 0.1) is 28.3 Å². The number of pyridine rings is 1. The van der Waals surface area contributed by atoms with Crippen LogP contribution in [0.2, 0.25) is 5.02 Å². The van der Waals surface area contributed by atoms with Crippen molar-refractivity contribution in [3.8, 4) is 0 Å². The maximum Gasteiger partial charge on any atom is 0.0738 e. The van der Waals surface area contributed by atoms with Crippen molar-refractivity contribution < 1.29 is 0 Å². The summed E-state index contributed by atoms with van der Waals surface area (Å²) in [5.41, 5.74) is 9.56. The molecular weight excluding hydrogens is 512 g/mol. The number of hydrazone groups is 1. The fourth-order valence-electron chi connectivity index (χ4n) is 5.04. The summed E-state index contributed by atoms with van der Waals surface area (Å²) in [5, 5.41) is 6.41. The van der Waals surface area contributed by atoms with E-state index in [4.69, 9.17) is 16.7 Å². The monoisotopic (exact) mass is 542 g/mol. The smallest absolute Gasteiger partial charge is 0.0738 e. The predicted molar refractivity (Wildman–Crippen MR) is 161 cm³/mol. The molecule has 1 aromatic heterocycles. The van der Waals surface area contributed by atoms with E-state index >= 15 is 0 Å². The van der Waals surface area contributed by atoms with Gasteiger partial charge in [-0.2, -0.15) is 5.10 Å². The highest BCUT2D eigenvalue weighted by Crippen LogP contribution is 2.48. The Kier molecular flexibility index (Phi) is 7.26. The molecule has 0 unspecified atom stereocenters. The Hall–Kier alpha value is -3.10. The third-order valence-electron chi connectivity index (χ3n) is 7.33. The highest BCUT2D eigenvalue weighted by molar-refractivity contribution is 7.99. The van der Waals surface area contributed by atoms with Crippen LogP contribution in [0, 0.1) is 0 Å². The summed E-state index contributed by atoms with van der Waals surface area (Å²) < 4.78 is 0. The topological polar surface area (TPSA) is 47.0 Å². The van der Waals surface area contributed by atoms with E-state index < -0.39 is 0 Å². The minimum atomic E-state index is 0.674. The number of likely N-dealkylation sites (N-methyl/N-ethyl adjacent to an activating group) is 1. The summed E-state index contributed by atoms with van der Waals surface area (Å²) in [6.45, 7) is 8.57. The molecule has 0 saturated carbocycles. The van der Waals surface area contributed by atoms with E-state index in [1.807, 2.05) is 43.0 Å². The van der Waals surface area contributed by atoms with Gasteiger partial charge in [0, 0.05) is 65.7 Å². The molecule has 0 aliphatic carbocycles. The molecule has 6 nitrogen and oxygen atoms in total. The van der Waals surface area contributed by atoms with Crippen LogP contribution in [0.15, 0.2) is 87.8 Å². The molecule has 38 heavy (non-hydrogen) atoms. The number of benzene rings is 3. The molecule has 6 rings (SSSR count). The second-order valence-corrected chi connectivity index (χ2v) is 11.4. The van der Waals surface area contributed by atoms with Crippen molar-refractivity contribution in [1.82, 2.24) is 14.8 Å². The molecule has 194 valence electrons. The number of hydrogen-bond acceptors (Lipinski definition) is 7. The Morgan fingerprint density at radius 1 is 0.947 bits per heavy atom. The highest BCUT2D eigenvalue weighted by Gasteiger charge is 2.25. The van der Waals surface area contributed by atoms with Crippen molar-refractivity contribution in [2.75, 3.05) is 56.6 Å². The molecule has 2 aliphatic rings. The first-order valence-corrected chi connectivity index (χ1v) is 14.2. The molecule has 3 aromatic carbocycles. The van der Waals surface area contributed by atoms with Crippen LogP contribution < -0.4 is 10.3 Å². The van der Waals surface area contributed by atoms with Crippen LogP contribution in [-0.2, 0) is 0 Å². The van der Waals surface area contributed by atoms with Crippen LogP contribution in [0.1, 0.15) is 12.5 Å². The lowest BCUT2D eigenvalue weighted by atomic mass is 10.1. The number of halogens is 1. The van der Waals surface area contributed by atoms with Gasteiger partial charge in [0.2, 0.25) is 0 Å². The van der Waals surface area contributed by atoms with Crippen LogP contribution in [-0.4, -0.2) is 66.8 Å². The van der Waals surface area contributed by atoms with E-state index in [2.05, 4.69) is 74.6 Å². The first kappa shape index (κ1) is 25.2. The Morgan fingerprint density at radius 2 is 1.76 bits per heavy atom. The molecule has 8 heteroatoms. The number of hydrogen-bond donors (Lipinski definition) is 1. The van der Waals surface area contributed by atoms with Crippen LogP contribution in [0.5, 0.6) is 0 Å². The van der Waals surface area contributed by atoms with Crippen LogP contribution in [0.25, 0.3) is 10.9 Å². The van der Waals surface area contributed by atoms with E-state index in [1.165, 1.54) is 21.2 Å². The minimum absolute atomic E-state index is 0.674. The highest BCUT2D eigenvalue weighted by atomic mass is 35.5. The summed E-state index contributed by atoms with van der Waals surface area (Å²) in [6.07, 6.45) is 1.78. The van der Waals surface area contributed by atoms with E-state index in [9.17, 15) is 0 Å². The first-order valence-electron chi connectivity index (χ1n) is 13.0. The van der Waals surface area contributed by atoms with Crippen LogP contribution in [0.4, 0.5) is 17.1 Å². The van der Waals surface area contributed by atoms with Gasteiger partial charge in [-0.15, -0.1) is 0 Å². The predicted octanol–water partition coefficient (Wildman–Crippen LogP) is 6.57. The average molecular weight is 543 g/mol. The molecule has 1 N–H and O–H groups in total. The van der Waals surface area contributed by atoms with Crippen molar-refractivity contribution in [2.24, 2.45) is 5.10 Å². The summed E-state index contributed by atoms with van der Waals surface area (Å²) in [6, 6.07) is 23.1. The van der Waals surface area contributed by atoms with Gasteiger partial charge in [0.25, 0.3) is 0 Å². The van der Waals surface area contributed by atoms with E-state index in [0.29, 0.717) is 5.02 Å². The Morgan fingerprint density at radius 3 is 2.63 bits per heavy atom. The minimum Gasteiger partial charge on any atom is -0.338 e. The maximum absolute atomic E-state index is 6.15. The second-order valence-electron chi connectivity index (χ2n) is 9.88. The lowest BCUT2D eigenvalue weighted by molar-refractivity contribution is 0.157. The fourth-order valence-corrected chi connectivity index (χ4v) is 6.28. The standard InChI is InChI=1S/C30H31ClN6S/c1-21(33-34-25-11-12-32-26-20-23(31)8-9-24(25)26)22-7-10-30-28(19-22)37(27-5-3-4-6-29(27)38-30)18-17-36-15-13-35(2)14-16-36/h3-12,19-20H,13-18H2,1-2H3,(H,32,34)/b33-21+. The third-order valence-corrected chi connectivity index (χ3v) is 8.69. The molecule has 0 bridgehead atoms. The zero-order valence-electron chi connectivity index (χ0n) is 21.7. The number of aromatic nitrogens is 1. The number of para-hydroxylation sites is 1. The molecular formula is C30H31ClN6S. The van der Waals surface area contributed by atoms with Gasteiger partial charge in [-0.05, 0) is 68.1 Å². The lowest BCUT2D eigenvalue weighted by Crippen LogP contribution is -2.46. The molecule has 4 aromatic rings. The quantitative estimate of drug-likeness (QED) is 0.219. The van der Waals surface area contributed by atoms with Gasteiger partial charge < -0.3 is 9.80 Å². The van der Waals surface area contributed by atoms with Gasteiger partial charge in [0.15, 0.2) is 0 Å².